The largest absolute Gasteiger partial charge is 0.496 e. The summed E-state index contributed by atoms with van der Waals surface area (Å²) in [5.41, 5.74) is 1.07. The van der Waals surface area contributed by atoms with Crippen LogP contribution in [0.1, 0.15) is 18.1 Å². The molecule has 3 heteroatoms. The number of rotatable bonds is 3. The predicted molar refractivity (Wildman–Crippen MR) is 74.4 cm³/mol. The molecule has 2 aromatic carbocycles. The first-order valence-corrected chi connectivity index (χ1v) is 6.63. The highest BCUT2D eigenvalue weighted by atomic mass is 16.5. The summed E-state index contributed by atoms with van der Waals surface area (Å²) in [6.07, 6.45) is 0.819. The molecule has 0 spiro atoms. The van der Waals surface area contributed by atoms with Crippen LogP contribution in [0.25, 0.3) is 10.8 Å². The molecule has 1 aliphatic heterocycles. The van der Waals surface area contributed by atoms with Crippen molar-refractivity contribution in [2.24, 2.45) is 5.92 Å². The minimum Gasteiger partial charge on any atom is -0.496 e. The Morgan fingerprint density at radius 2 is 2.11 bits per heavy atom. The zero-order valence-corrected chi connectivity index (χ0v) is 11.0. The maximum Gasteiger partial charge on any atom is 0.125 e. The predicted octanol–water partition coefficient (Wildman–Crippen LogP) is 2.92. The Bertz CT molecular complexity index is 579. The third kappa shape index (κ3) is 2.09. The first kappa shape index (κ1) is 12.5. The van der Waals surface area contributed by atoms with Gasteiger partial charge in [0.2, 0.25) is 0 Å². The van der Waals surface area contributed by atoms with Gasteiger partial charge in [0.25, 0.3) is 0 Å². The molecule has 3 nitrogen and oxygen atoms in total. The summed E-state index contributed by atoms with van der Waals surface area (Å²) >= 11 is 0. The molecule has 1 fully saturated rings. The van der Waals surface area contributed by atoms with E-state index >= 15 is 0 Å². The van der Waals surface area contributed by atoms with Crippen molar-refractivity contribution in [1.29, 1.82) is 0 Å². The number of fused-ring (bicyclic) bond motifs is 1. The fraction of sp³-hybridized carbons (Fsp3) is 0.375. The summed E-state index contributed by atoms with van der Waals surface area (Å²) < 4.78 is 11.4. The molecule has 0 radical (unpaired) electrons. The first-order valence-electron chi connectivity index (χ1n) is 6.63. The highest BCUT2D eigenvalue weighted by molar-refractivity contribution is 5.88. The van der Waals surface area contributed by atoms with Crippen molar-refractivity contribution >= 4 is 10.8 Å². The third-order valence-electron chi connectivity index (χ3n) is 3.88. The van der Waals surface area contributed by atoms with Crippen LogP contribution in [0.15, 0.2) is 36.4 Å². The molecule has 0 amide bonds. The van der Waals surface area contributed by atoms with Gasteiger partial charge in [0.05, 0.1) is 13.2 Å². The molecule has 1 saturated heterocycles. The number of hydrogen-bond acceptors (Lipinski definition) is 3. The fourth-order valence-corrected chi connectivity index (χ4v) is 2.89. The molecule has 0 saturated carbocycles. The lowest BCUT2D eigenvalue weighted by atomic mass is 9.91. The minimum absolute atomic E-state index is 0.0777. The van der Waals surface area contributed by atoms with Gasteiger partial charge >= 0.3 is 0 Å². The second kappa shape index (κ2) is 5.19. The monoisotopic (exact) mass is 258 g/mol. The Hall–Kier alpha value is -1.58. The summed E-state index contributed by atoms with van der Waals surface area (Å²) in [4.78, 5) is 0. The molecule has 1 heterocycles. The van der Waals surface area contributed by atoms with Gasteiger partial charge in [0, 0.05) is 24.7 Å². The smallest absolute Gasteiger partial charge is 0.125 e. The molecular formula is C16H18O3. The van der Waals surface area contributed by atoms with E-state index in [4.69, 9.17) is 9.47 Å². The second-order valence-electron chi connectivity index (χ2n) is 4.93. The Balaban J connectivity index is 2.19. The van der Waals surface area contributed by atoms with Crippen molar-refractivity contribution in [2.45, 2.75) is 12.5 Å². The van der Waals surface area contributed by atoms with Gasteiger partial charge in [0.15, 0.2) is 0 Å². The maximum absolute atomic E-state index is 9.51. The number of ether oxygens (including phenoxy) is 2. The number of aliphatic hydroxyl groups is 1. The molecule has 2 unspecified atom stereocenters. The number of hydrogen-bond donors (Lipinski definition) is 1. The van der Waals surface area contributed by atoms with Gasteiger partial charge in [-0.2, -0.15) is 0 Å². The summed E-state index contributed by atoms with van der Waals surface area (Å²) in [6, 6.07) is 12.3. The van der Waals surface area contributed by atoms with E-state index in [0.717, 1.165) is 23.1 Å². The van der Waals surface area contributed by atoms with E-state index in [1.54, 1.807) is 7.11 Å². The normalized spacial score (nSPS) is 22.8. The Morgan fingerprint density at radius 1 is 1.26 bits per heavy atom. The van der Waals surface area contributed by atoms with Gasteiger partial charge in [-0.15, -0.1) is 0 Å². The molecule has 1 N–H and O–H groups in total. The van der Waals surface area contributed by atoms with Gasteiger partial charge in [-0.05, 0) is 23.3 Å². The van der Waals surface area contributed by atoms with Crippen LogP contribution in [-0.4, -0.2) is 25.4 Å². The Kier molecular flexibility index (Phi) is 3.40. The molecule has 19 heavy (non-hydrogen) atoms. The van der Waals surface area contributed by atoms with Crippen LogP contribution >= 0.6 is 0 Å². The van der Waals surface area contributed by atoms with Gasteiger partial charge in [0.1, 0.15) is 5.75 Å². The lowest BCUT2D eigenvalue weighted by molar-refractivity contribution is 0.0712. The average Bonchev–Trinajstić information content (AvgIpc) is 2.94. The van der Waals surface area contributed by atoms with Crippen molar-refractivity contribution in [3.8, 4) is 5.75 Å². The third-order valence-corrected chi connectivity index (χ3v) is 3.88. The summed E-state index contributed by atoms with van der Waals surface area (Å²) in [5.74, 6) is 0.990. The SMILES string of the molecule is COc1ccc2ccccc2c1C1OCCC1CO. The van der Waals surface area contributed by atoms with Gasteiger partial charge in [-0.25, -0.2) is 0 Å². The molecular weight excluding hydrogens is 240 g/mol. The van der Waals surface area contributed by atoms with Gasteiger partial charge in [-0.1, -0.05) is 30.3 Å². The molecule has 1 aliphatic rings. The second-order valence-corrected chi connectivity index (χ2v) is 4.93. The molecule has 2 atom stereocenters. The van der Waals surface area contributed by atoms with Crippen LogP contribution in [0.5, 0.6) is 5.75 Å². The van der Waals surface area contributed by atoms with Gasteiger partial charge in [-0.3, -0.25) is 0 Å². The molecule has 0 bridgehead atoms. The van der Waals surface area contributed by atoms with Crippen LogP contribution in [0.4, 0.5) is 0 Å². The van der Waals surface area contributed by atoms with E-state index in [0.29, 0.717) is 6.61 Å². The van der Waals surface area contributed by atoms with Crippen molar-refractivity contribution in [3.63, 3.8) is 0 Å². The van der Waals surface area contributed by atoms with Crippen LogP contribution < -0.4 is 4.74 Å². The van der Waals surface area contributed by atoms with Crippen molar-refractivity contribution < 1.29 is 14.6 Å². The fourth-order valence-electron chi connectivity index (χ4n) is 2.89. The topological polar surface area (TPSA) is 38.7 Å². The van der Waals surface area contributed by atoms with Crippen molar-refractivity contribution in [1.82, 2.24) is 0 Å². The zero-order chi connectivity index (χ0) is 13.2. The highest BCUT2D eigenvalue weighted by Crippen LogP contribution is 2.42. The summed E-state index contributed by atoms with van der Waals surface area (Å²) in [7, 11) is 1.68. The maximum atomic E-state index is 9.51. The molecule has 3 rings (SSSR count). The van der Waals surface area contributed by atoms with E-state index in [-0.39, 0.29) is 18.6 Å². The lowest BCUT2D eigenvalue weighted by Gasteiger charge is -2.21. The van der Waals surface area contributed by atoms with Crippen LogP contribution in [0.3, 0.4) is 0 Å². The average molecular weight is 258 g/mol. The van der Waals surface area contributed by atoms with Crippen LogP contribution in [0, 0.1) is 5.92 Å². The van der Waals surface area contributed by atoms with Crippen molar-refractivity contribution in [3.05, 3.63) is 42.0 Å². The summed E-state index contributed by atoms with van der Waals surface area (Å²) in [5, 5.41) is 11.8. The van der Waals surface area contributed by atoms with E-state index < -0.39 is 0 Å². The van der Waals surface area contributed by atoms with E-state index in [9.17, 15) is 5.11 Å². The van der Waals surface area contributed by atoms with Crippen LogP contribution in [-0.2, 0) is 4.74 Å². The molecule has 100 valence electrons. The number of methoxy groups -OCH3 is 1. The Labute approximate surface area is 112 Å². The quantitative estimate of drug-likeness (QED) is 0.920. The molecule has 2 aromatic rings. The first-order chi connectivity index (χ1) is 9.35. The molecule has 0 aliphatic carbocycles. The van der Waals surface area contributed by atoms with Crippen LogP contribution in [0.2, 0.25) is 0 Å². The highest BCUT2D eigenvalue weighted by Gasteiger charge is 2.32. The van der Waals surface area contributed by atoms with E-state index in [1.165, 1.54) is 5.39 Å². The van der Waals surface area contributed by atoms with Crippen molar-refractivity contribution in [2.75, 3.05) is 20.3 Å². The Morgan fingerprint density at radius 3 is 2.89 bits per heavy atom. The lowest BCUT2D eigenvalue weighted by Crippen LogP contribution is -2.13. The summed E-state index contributed by atoms with van der Waals surface area (Å²) in [6.45, 7) is 0.847. The number of benzene rings is 2. The molecule has 0 aromatic heterocycles. The zero-order valence-electron chi connectivity index (χ0n) is 11.0. The minimum atomic E-state index is -0.0777. The van der Waals surface area contributed by atoms with E-state index in [1.807, 2.05) is 18.2 Å². The van der Waals surface area contributed by atoms with Gasteiger partial charge < -0.3 is 14.6 Å². The number of aliphatic hydroxyl groups excluding tert-OH is 1. The standard InChI is InChI=1S/C16H18O3/c1-18-14-7-6-11-4-2-3-5-13(11)15(14)16-12(10-17)8-9-19-16/h2-7,12,16-17H,8-10H2,1H3. The van der Waals surface area contributed by atoms with E-state index in [2.05, 4.69) is 18.2 Å².